The van der Waals surface area contributed by atoms with Crippen molar-refractivity contribution in [2.24, 2.45) is 0 Å². The quantitative estimate of drug-likeness (QED) is 0.354. The number of fused-ring (bicyclic) bond motifs is 2. The Labute approximate surface area is 189 Å². The van der Waals surface area contributed by atoms with Crippen molar-refractivity contribution in [2.75, 3.05) is 7.11 Å². The lowest BCUT2D eigenvalue weighted by Crippen LogP contribution is -2.33. The summed E-state index contributed by atoms with van der Waals surface area (Å²) >= 11 is 5.98. The number of esters is 1. The summed E-state index contributed by atoms with van der Waals surface area (Å²) in [6.07, 6.45) is -0.0183. The topological polar surface area (TPSA) is 77.4 Å². The Kier molecular flexibility index (Phi) is 6.23. The summed E-state index contributed by atoms with van der Waals surface area (Å²) in [4.78, 5) is 38.0. The van der Waals surface area contributed by atoms with Crippen LogP contribution in [0.15, 0.2) is 77.6 Å². The number of methoxy groups -OCH3 is 1. The molecule has 7 heteroatoms. The van der Waals surface area contributed by atoms with Gasteiger partial charge in [-0.05, 0) is 42.0 Å². The largest absolute Gasteiger partial charge is 0.469 e. The van der Waals surface area contributed by atoms with Crippen molar-refractivity contribution in [1.82, 2.24) is 9.88 Å². The minimum atomic E-state index is -0.580. The van der Waals surface area contributed by atoms with Gasteiger partial charge in [0.25, 0.3) is 0 Å². The molecule has 1 N–H and O–H groups in total. The van der Waals surface area contributed by atoms with Gasteiger partial charge in [-0.2, -0.15) is 0 Å². The van der Waals surface area contributed by atoms with Crippen LogP contribution in [0.4, 0.5) is 0 Å². The number of carbonyl (C=O) groups excluding carboxylic acids is 2. The normalized spacial score (nSPS) is 11.9. The lowest BCUT2D eigenvalue weighted by Gasteiger charge is -2.20. The third-order valence-electron chi connectivity index (χ3n) is 5.39. The Balaban J connectivity index is 1.70. The van der Waals surface area contributed by atoms with Gasteiger partial charge in [-0.15, -0.1) is 0 Å². The van der Waals surface area contributed by atoms with Crippen molar-refractivity contribution in [3.63, 3.8) is 0 Å². The number of halogens is 1. The second-order valence-corrected chi connectivity index (χ2v) is 7.84. The van der Waals surface area contributed by atoms with E-state index in [1.54, 1.807) is 48.5 Å². The van der Waals surface area contributed by atoms with E-state index < -0.39 is 12.0 Å². The molecule has 4 aromatic rings. The highest BCUT2D eigenvalue weighted by atomic mass is 35.5. The van der Waals surface area contributed by atoms with Crippen LogP contribution < -0.4 is 10.7 Å². The highest BCUT2D eigenvalue weighted by Crippen LogP contribution is 2.22. The first-order valence-electron chi connectivity index (χ1n) is 10.1. The molecule has 3 aromatic carbocycles. The molecule has 0 saturated carbocycles. The van der Waals surface area contributed by atoms with Crippen LogP contribution in [0.5, 0.6) is 0 Å². The summed E-state index contributed by atoms with van der Waals surface area (Å²) in [6.45, 7) is -0.0213. The smallest absolute Gasteiger partial charge is 0.307 e. The molecule has 1 atom stereocenters. The van der Waals surface area contributed by atoms with Gasteiger partial charge in [-0.3, -0.25) is 14.4 Å². The Morgan fingerprint density at radius 2 is 1.50 bits per heavy atom. The predicted octanol–water partition coefficient (Wildman–Crippen LogP) is 4.23. The number of ether oxygens (including phenoxy) is 1. The minimum absolute atomic E-state index is 0.0183. The third kappa shape index (κ3) is 4.36. The van der Waals surface area contributed by atoms with E-state index in [-0.39, 0.29) is 24.3 Å². The van der Waals surface area contributed by atoms with Crippen LogP contribution in [0.2, 0.25) is 5.02 Å². The molecular weight excluding hydrogens is 428 g/mol. The SMILES string of the molecule is COC(=O)CC(NC(=O)Cn1c2ccccc2c(=O)c2ccccc21)c1ccc(Cl)cc1. The fourth-order valence-corrected chi connectivity index (χ4v) is 3.95. The first-order valence-corrected chi connectivity index (χ1v) is 10.5. The summed E-state index contributed by atoms with van der Waals surface area (Å²) in [5, 5.41) is 4.58. The highest BCUT2D eigenvalue weighted by molar-refractivity contribution is 6.30. The molecule has 6 nitrogen and oxygen atoms in total. The van der Waals surface area contributed by atoms with E-state index in [0.717, 1.165) is 5.56 Å². The molecule has 0 saturated heterocycles. The number of amides is 1. The molecule has 0 bridgehead atoms. The number of hydrogen-bond acceptors (Lipinski definition) is 4. The third-order valence-corrected chi connectivity index (χ3v) is 5.64. The number of nitrogens with zero attached hydrogens (tertiary/aromatic N) is 1. The standard InChI is InChI=1S/C25H21ClN2O4/c1-32-24(30)14-20(16-10-12-17(26)13-11-16)27-23(29)15-28-21-8-4-2-6-18(21)25(31)19-7-3-5-9-22(19)28/h2-13,20H,14-15H2,1H3,(H,27,29). The summed E-state index contributed by atoms with van der Waals surface area (Å²) < 4.78 is 6.62. The fourth-order valence-electron chi connectivity index (χ4n) is 3.83. The van der Waals surface area contributed by atoms with Crippen molar-refractivity contribution in [1.29, 1.82) is 0 Å². The summed E-state index contributed by atoms with van der Waals surface area (Å²) in [6, 6.07) is 20.8. The lowest BCUT2D eigenvalue weighted by atomic mass is 10.0. The zero-order valence-electron chi connectivity index (χ0n) is 17.4. The fraction of sp³-hybridized carbons (Fsp3) is 0.160. The Bertz CT molecular complexity index is 1300. The van der Waals surface area contributed by atoms with Crippen molar-refractivity contribution in [3.05, 3.63) is 93.6 Å². The first-order chi connectivity index (χ1) is 15.5. The molecule has 1 aromatic heterocycles. The average Bonchev–Trinajstić information content (AvgIpc) is 2.81. The van der Waals surface area contributed by atoms with E-state index in [1.807, 2.05) is 28.8 Å². The molecule has 1 unspecified atom stereocenters. The van der Waals surface area contributed by atoms with Gasteiger partial charge in [0, 0.05) is 15.8 Å². The molecule has 1 amide bonds. The van der Waals surface area contributed by atoms with Crippen LogP contribution in [0, 0.1) is 0 Å². The predicted molar refractivity (Wildman–Crippen MR) is 125 cm³/mol. The zero-order chi connectivity index (χ0) is 22.7. The number of benzene rings is 3. The molecular formula is C25H21ClN2O4. The molecule has 162 valence electrons. The number of rotatable bonds is 6. The van der Waals surface area contributed by atoms with Crippen molar-refractivity contribution in [2.45, 2.75) is 19.0 Å². The maximum Gasteiger partial charge on any atom is 0.307 e. The second-order valence-electron chi connectivity index (χ2n) is 7.40. The average molecular weight is 449 g/mol. The summed E-state index contributed by atoms with van der Waals surface area (Å²) in [5.41, 5.74) is 2.00. The number of hydrogen-bond donors (Lipinski definition) is 1. The number of carbonyl (C=O) groups is 2. The number of pyridine rings is 1. The van der Waals surface area contributed by atoms with Gasteiger partial charge in [0.05, 0.1) is 30.6 Å². The first kappa shape index (κ1) is 21.6. The maximum atomic E-state index is 13.1. The molecule has 0 radical (unpaired) electrons. The van der Waals surface area contributed by atoms with E-state index in [1.165, 1.54) is 7.11 Å². The highest BCUT2D eigenvalue weighted by Gasteiger charge is 2.20. The van der Waals surface area contributed by atoms with Crippen LogP contribution in [-0.2, 0) is 20.9 Å². The minimum Gasteiger partial charge on any atom is -0.469 e. The summed E-state index contributed by atoms with van der Waals surface area (Å²) in [5.74, 6) is -0.739. The van der Waals surface area contributed by atoms with Gasteiger partial charge in [0.15, 0.2) is 5.43 Å². The van der Waals surface area contributed by atoms with Crippen molar-refractivity contribution < 1.29 is 14.3 Å². The van der Waals surface area contributed by atoms with Crippen LogP contribution in [0.3, 0.4) is 0 Å². The molecule has 1 heterocycles. The van der Waals surface area contributed by atoms with Gasteiger partial charge >= 0.3 is 5.97 Å². The van der Waals surface area contributed by atoms with E-state index in [4.69, 9.17) is 16.3 Å². The number of aromatic nitrogens is 1. The van der Waals surface area contributed by atoms with Gasteiger partial charge in [0.2, 0.25) is 5.91 Å². The molecule has 4 rings (SSSR count). The zero-order valence-corrected chi connectivity index (χ0v) is 18.1. The second kappa shape index (κ2) is 9.24. The van der Waals surface area contributed by atoms with Crippen molar-refractivity contribution >= 4 is 45.3 Å². The van der Waals surface area contributed by atoms with E-state index in [2.05, 4.69) is 5.32 Å². The number of nitrogens with one attached hydrogen (secondary N) is 1. The van der Waals surface area contributed by atoms with Gasteiger partial charge in [-0.25, -0.2) is 0 Å². The Morgan fingerprint density at radius 3 is 2.06 bits per heavy atom. The van der Waals surface area contributed by atoms with Gasteiger partial charge in [0.1, 0.15) is 6.54 Å². The van der Waals surface area contributed by atoms with Crippen LogP contribution in [0.1, 0.15) is 18.0 Å². The van der Waals surface area contributed by atoms with E-state index >= 15 is 0 Å². The lowest BCUT2D eigenvalue weighted by molar-refractivity contribution is -0.141. The van der Waals surface area contributed by atoms with Crippen LogP contribution in [-0.4, -0.2) is 23.6 Å². The molecule has 0 aliphatic heterocycles. The van der Waals surface area contributed by atoms with E-state index in [9.17, 15) is 14.4 Å². The Hall–Kier alpha value is -3.64. The summed E-state index contributed by atoms with van der Waals surface area (Å²) in [7, 11) is 1.31. The van der Waals surface area contributed by atoms with E-state index in [0.29, 0.717) is 26.8 Å². The monoisotopic (exact) mass is 448 g/mol. The molecule has 0 aliphatic rings. The van der Waals surface area contributed by atoms with Crippen molar-refractivity contribution in [3.8, 4) is 0 Å². The van der Waals surface area contributed by atoms with Gasteiger partial charge in [-0.1, -0.05) is 48.0 Å². The molecule has 0 spiro atoms. The molecule has 0 fully saturated rings. The maximum absolute atomic E-state index is 13.1. The molecule has 0 aliphatic carbocycles. The van der Waals surface area contributed by atoms with Crippen LogP contribution in [0.25, 0.3) is 21.8 Å². The van der Waals surface area contributed by atoms with Crippen LogP contribution >= 0.6 is 11.6 Å². The molecule has 32 heavy (non-hydrogen) atoms. The Morgan fingerprint density at radius 1 is 0.938 bits per heavy atom. The number of para-hydroxylation sites is 2. The van der Waals surface area contributed by atoms with Gasteiger partial charge < -0.3 is 14.6 Å².